The van der Waals surface area contributed by atoms with Crippen LogP contribution in [-0.2, 0) is 4.79 Å². The highest BCUT2D eigenvalue weighted by Gasteiger charge is 2.25. The zero-order valence-electron chi connectivity index (χ0n) is 11.3. The molecule has 2 heterocycles. The molecule has 0 spiro atoms. The van der Waals surface area contributed by atoms with Crippen LogP contribution in [0.4, 0.5) is 0 Å². The lowest BCUT2D eigenvalue weighted by Gasteiger charge is -2.16. The van der Waals surface area contributed by atoms with Crippen LogP contribution in [0.15, 0.2) is 35.5 Å². The first kappa shape index (κ1) is 14.5. The Kier molecular flexibility index (Phi) is 4.50. The Balaban J connectivity index is 1.97. The third-order valence-corrected chi connectivity index (χ3v) is 5.36. The van der Waals surface area contributed by atoms with Gasteiger partial charge in [0, 0.05) is 17.4 Å². The molecular formula is C14H15N3O2S2. The molecule has 1 saturated heterocycles. The van der Waals surface area contributed by atoms with E-state index in [0.29, 0.717) is 11.2 Å². The van der Waals surface area contributed by atoms with Gasteiger partial charge in [0.1, 0.15) is 0 Å². The van der Waals surface area contributed by atoms with Gasteiger partial charge in [0.25, 0.3) is 0 Å². The van der Waals surface area contributed by atoms with E-state index in [4.69, 9.17) is 5.11 Å². The van der Waals surface area contributed by atoms with Crippen LogP contribution in [0.3, 0.4) is 0 Å². The Morgan fingerprint density at radius 3 is 2.86 bits per heavy atom. The van der Waals surface area contributed by atoms with Crippen molar-refractivity contribution in [2.24, 2.45) is 0 Å². The van der Waals surface area contributed by atoms with Gasteiger partial charge >= 0.3 is 5.97 Å². The minimum absolute atomic E-state index is 0.00673. The van der Waals surface area contributed by atoms with Crippen LogP contribution in [0.25, 0.3) is 11.4 Å². The van der Waals surface area contributed by atoms with Crippen molar-refractivity contribution < 1.29 is 9.90 Å². The Labute approximate surface area is 131 Å². The molecule has 1 aliphatic rings. The maximum Gasteiger partial charge on any atom is 0.313 e. The summed E-state index contributed by atoms with van der Waals surface area (Å²) in [6.07, 6.45) is 1.07. The van der Waals surface area contributed by atoms with E-state index < -0.39 is 5.97 Å². The lowest BCUT2D eigenvalue weighted by Crippen LogP contribution is -2.12. The first-order chi connectivity index (χ1) is 10.3. The Bertz CT molecular complexity index is 624. The van der Waals surface area contributed by atoms with Gasteiger partial charge in [0.2, 0.25) is 0 Å². The van der Waals surface area contributed by atoms with Crippen LogP contribution in [0.2, 0.25) is 0 Å². The first-order valence-corrected chi connectivity index (χ1v) is 8.82. The van der Waals surface area contributed by atoms with Gasteiger partial charge in [-0.2, -0.15) is 11.8 Å². The number of thioether (sulfide) groups is 2. The summed E-state index contributed by atoms with van der Waals surface area (Å²) in [7, 11) is 0. The average molecular weight is 321 g/mol. The number of rotatable bonds is 5. The smallest absolute Gasteiger partial charge is 0.313 e. The minimum atomic E-state index is -0.836. The molecule has 3 rings (SSSR count). The standard InChI is InChI=1S/C14H15N3O2S2/c18-12(19)9-21-14-16-15-13(10-4-2-1-3-5-10)17(14)11-6-7-20-8-11/h1-5,11H,6-9H2,(H,18,19). The average Bonchev–Trinajstić information content (AvgIpc) is 3.15. The SMILES string of the molecule is O=C(O)CSc1nnc(-c2ccccc2)n1C1CCSC1. The normalized spacial score (nSPS) is 18.0. The second kappa shape index (κ2) is 6.53. The molecule has 5 nitrogen and oxygen atoms in total. The van der Waals surface area contributed by atoms with Crippen molar-refractivity contribution in [3.05, 3.63) is 30.3 Å². The molecule has 1 fully saturated rings. The van der Waals surface area contributed by atoms with Crippen molar-refractivity contribution in [3.8, 4) is 11.4 Å². The van der Waals surface area contributed by atoms with Crippen LogP contribution in [0, 0.1) is 0 Å². The van der Waals surface area contributed by atoms with E-state index in [1.807, 2.05) is 42.1 Å². The van der Waals surface area contributed by atoms with E-state index in [1.165, 1.54) is 11.8 Å². The van der Waals surface area contributed by atoms with Crippen molar-refractivity contribution in [1.82, 2.24) is 14.8 Å². The minimum Gasteiger partial charge on any atom is -0.481 e. The zero-order chi connectivity index (χ0) is 14.7. The van der Waals surface area contributed by atoms with Gasteiger partial charge in [-0.3, -0.25) is 9.36 Å². The Morgan fingerprint density at radius 2 is 2.19 bits per heavy atom. The van der Waals surface area contributed by atoms with Crippen LogP contribution in [0.1, 0.15) is 12.5 Å². The van der Waals surface area contributed by atoms with Gasteiger partial charge in [0.15, 0.2) is 11.0 Å². The van der Waals surface area contributed by atoms with Crippen LogP contribution < -0.4 is 0 Å². The number of carboxylic acids is 1. The van der Waals surface area contributed by atoms with Crippen LogP contribution >= 0.6 is 23.5 Å². The topological polar surface area (TPSA) is 68.0 Å². The summed E-state index contributed by atoms with van der Waals surface area (Å²) >= 11 is 3.15. The molecule has 1 aliphatic heterocycles. The molecule has 1 aromatic heterocycles. The zero-order valence-corrected chi connectivity index (χ0v) is 12.9. The van der Waals surface area contributed by atoms with Gasteiger partial charge < -0.3 is 5.11 Å². The lowest BCUT2D eigenvalue weighted by atomic mass is 10.2. The highest BCUT2D eigenvalue weighted by Crippen LogP contribution is 2.35. The van der Waals surface area contributed by atoms with E-state index in [2.05, 4.69) is 14.8 Å². The molecule has 0 aliphatic carbocycles. The third-order valence-electron chi connectivity index (χ3n) is 3.29. The molecule has 0 saturated carbocycles. The molecule has 2 aromatic rings. The van der Waals surface area contributed by atoms with E-state index in [9.17, 15) is 4.79 Å². The fraction of sp³-hybridized carbons (Fsp3) is 0.357. The first-order valence-electron chi connectivity index (χ1n) is 6.68. The van der Waals surface area contributed by atoms with Crippen LogP contribution in [0.5, 0.6) is 0 Å². The largest absolute Gasteiger partial charge is 0.481 e. The Hall–Kier alpha value is -1.47. The second-order valence-electron chi connectivity index (χ2n) is 4.74. The number of hydrogen-bond donors (Lipinski definition) is 1. The van der Waals surface area contributed by atoms with Gasteiger partial charge in [-0.25, -0.2) is 0 Å². The molecule has 1 unspecified atom stereocenters. The molecule has 1 N–H and O–H groups in total. The molecule has 0 radical (unpaired) electrons. The fourth-order valence-corrected chi connectivity index (χ4v) is 4.26. The van der Waals surface area contributed by atoms with E-state index in [-0.39, 0.29) is 5.75 Å². The van der Waals surface area contributed by atoms with E-state index in [0.717, 1.165) is 29.3 Å². The third kappa shape index (κ3) is 3.24. The molecule has 0 bridgehead atoms. The number of benzene rings is 1. The molecule has 21 heavy (non-hydrogen) atoms. The fourth-order valence-electron chi connectivity index (χ4n) is 2.34. The molecular weight excluding hydrogens is 306 g/mol. The van der Waals surface area contributed by atoms with Crippen molar-refractivity contribution in [2.75, 3.05) is 17.3 Å². The summed E-state index contributed by atoms with van der Waals surface area (Å²) in [5, 5.41) is 18.1. The van der Waals surface area contributed by atoms with Crippen LogP contribution in [-0.4, -0.2) is 43.1 Å². The van der Waals surface area contributed by atoms with Gasteiger partial charge in [-0.05, 0) is 12.2 Å². The Morgan fingerprint density at radius 1 is 1.38 bits per heavy atom. The number of aromatic nitrogens is 3. The van der Waals surface area contributed by atoms with Gasteiger partial charge in [-0.1, -0.05) is 42.1 Å². The number of hydrogen-bond acceptors (Lipinski definition) is 5. The highest BCUT2D eigenvalue weighted by atomic mass is 32.2. The predicted octanol–water partition coefficient (Wildman–Crippen LogP) is 2.80. The summed E-state index contributed by atoms with van der Waals surface area (Å²) in [6, 6.07) is 10.3. The van der Waals surface area contributed by atoms with E-state index in [1.54, 1.807) is 0 Å². The van der Waals surface area contributed by atoms with Crippen molar-refractivity contribution in [3.63, 3.8) is 0 Å². The summed E-state index contributed by atoms with van der Waals surface area (Å²) < 4.78 is 2.11. The lowest BCUT2D eigenvalue weighted by molar-refractivity contribution is -0.133. The molecule has 1 aromatic carbocycles. The second-order valence-corrected chi connectivity index (χ2v) is 6.83. The highest BCUT2D eigenvalue weighted by molar-refractivity contribution is 8.00. The number of carbonyl (C=O) groups is 1. The molecule has 7 heteroatoms. The summed E-state index contributed by atoms with van der Waals surface area (Å²) in [4.78, 5) is 10.8. The maximum absolute atomic E-state index is 10.8. The van der Waals surface area contributed by atoms with Crippen molar-refractivity contribution >= 4 is 29.5 Å². The molecule has 0 amide bonds. The predicted molar refractivity (Wildman–Crippen MR) is 84.8 cm³/mol. The summed E-state index contributed by atoms with van der Waals surface area (Å²) in [5.41, 5.74) is 1.02. The van der Waals surface area contributed by atoms with Crippen molar-refractivity contribution in [2.45, 2.75) is 17.6 Å². The maximum atomic E-state index is 10.8. The van der Waals surface area contributed by atoms with Gasteiger partial charge in [-0.15, -0.1) is 10.2 Å². The number of nitrogens with zero attached hydrogens (tertiary/aromatic N) is 3. The summed E-state index contributed by atoms with van der Waals surface area (Å²) in [5.74, 6) is 2.15. The van der Waals surface area contributed by atoms with Crippen molar-refractivity contribution in [1.29, 1.82) is 0 Å². The molecule has 1 atom stereocenters. The number of carboxylic acid groups (broad SMARTS) is 1. The molecule has 110 valence electrons. The van der Waals surface area contributed by atoms with E-state index >= 15 is 0 Å². The summed E-state index contributed by atoms with van der Waals surface area (Å²) in [6.45, 7) is 0. The monoisotopic (exact) mass is 321 g/mol. The number of aliphatic carboxylic acids is 1. The van der Waals surface area contributed by atoms with Gasteiger partial charge in [0.05, 0.1) is 5.75 Å². The quantitative estimate of drug-likeness (QED) is 0.854.